The number of esters is 1. The summed E-state index contributed by atoms with van der Waals surface area (Å²) in [5, 5.41) is 0. The van der Waals surface area contributed by atoms with E-state index in [9.17, 15) is 9.00 Å². The second-order valence-corrected chi connectivity index (χ2v) is 11.0. The predicted molar refractivity (Wildman–Crippen MR) is 122 cm³/mol. The van der Waals surface area contributed by atoms with Gasteiger partial charge in [-0.3, -0.25) is 0 Å². The van der Waals surface area contributed by atoms with Gasteiger partial charge in [-0.2, -0.15) is 0 Å². The number of carbonyl (C=O) groups is 1. The van der Waals surface area contributed by atoms with Crippen molar-refractivity contribution in [2.45, 2.75) is 78.3 Å². The summed E-state index contributed by atoms with van der Waals surface area (Å²) < 4.78 is 35.4. The van der Waals surface area contributed by atoms with Crippen molar-refractivity contribution in [2.75, 3.05) is 6.61 Å². The molecule has 0 saturated heterocycles. The van der Waals surface area contributed by atoms with Gasteiger partial charge >= 0.3 is 5.97 Å². The van der Waals surface area contributed by atoms with Crippen molar-refractivity contribution in [1.82, 2.24) is 4.72 Å². The number of rotatable bonds is 7. The minimum atomic E-state index is -1.98. The number of carbonyl (C=O) groups excluding carboxylic acids is 1. The number of fused-ring (bicyclic) bond motifs is 1. The van der Waals surface area contributed by atoms with Crippen molar-refractivity contribution in [2.24, 2.45) is 0 Å². The summed E-state index contributed by atoms with van der Waals surface area (Å²) >= 11 is 0. The molecule has 3 atom stereocenters. The van der Waals surface area contributed by atoms with E-state index in [1.807, 2.05) is 26.0 Å². The minimum Gasteiger partial charge on any atom is -0.464 e. The number of ether oxygens (including phenoxy) is 1. The Balaban J connectivity index is 2.66. The molecule has 30 heavy (non-hydrogen) atoms. The van der Waals surface area contributed by atoms with Crippen molar-refractivity contribution < 1.29 is 18.1 Å². The number of hydrogen-bond donors (Lipinski definition) is 1. The van der Waals surface area contributed by atoms with Crippen LogP contribution in [-0.2, 0) is 20.5 Å². The quantitative estimate of drug-likeness (QED) is 0.582. The van der Waals surface area contributed by atoms with Gasteiger partial charge in [0, 0.05) is 0 Å². The standard InChI is InChI=1S/C24H34FNO3S/c1-9-29-23(27)21(25)22(26-30(28)24(6,7)8)19-12-16(5)18-13-17(14(2)3)11-10-15(4)20(18)19/h10-14,21-22,26H,9H2,1-8H3. The highest BCUT2D eigenvalue weighted by Crippen LogP contribution is 2.41. The number of alkyl halides is 1. The molecule has 3 unspecified atom stereocenters. The molecule has 2 rings (SSSR count). The first-order valence-corrected chi connectivity index (χ1v) is 11.6. The van der Waals surface area contributed by atoms with Crippen molar-refractivity contribution >= 4 is 17.0 Å². The van der Waals surface area contributed by atoms with Crippen LogP contribution in [0.15, 0.2) is 24.3 Å². The summed E-state index contributed by atoms with van der Waals surface area (Å²) in [6, 6.07) is 7.04. The number of aryl methyl sites for hydroxylation is 2. The van der Waals surface area contributed by atoms with E-state index in [1.54, 1.807) is 27.7 Å². The van der Waals surface area contributed by atoms with Gasteiger partial charge in [0.1, 0.15) is 0 Å². The second kappa shape index (κ2) is 9.56. The molecule has 0 amide bonds. The zero-order valence-corrected chi connectivity index (χ0v) is 20.1. The topological polar surface area (TPSA) is 55.4 Å². The number of hydrogen-bond acceptors (Lipinski definition) is 3. The molecule has 0 heterocycles. The van der Waals surface area contributed by atoms with E-state index in [0.717, 1.165) is 22.3 Å². The van der Waals surface area contributed by atoms with Gasteiger partial charge in [0.05, 0.1) is 28.4 Å². The van der Waals surface area contributed by atoms with Crippen LogP contribution in [0.4, 0.5) is 4.39 Å². The summed E-state index contributed by atoms with van der Waals surface area (Å²) in [5.74, 6) is -0.609. The molecule has 4 nitrogen and oxygen atoms in total. The van der Waals surface area contributed by atoms with E-state index in [4.69, 9.17) is 4.74 Å². The maximum absolute atomic E-state index is 15.4. The Morgan fingerprint density at radius 3 is 2.33 bits per heavy atom. The molecule has 0 fully saturated rings. The van der Waals surface area contributed by atoms with Gasteiger partial charge in [-0.25, -0.2) is 18.1 Å². The highest BCUT2D eigenvalue weighted by Gasteiger charge is 2.37. The molecule has 6 heteroatoms. The van der Waals surface area contributed by atoms with Gasteiger partial charge in [0.2, 0.25) is 6.17 Å². The maximum atomic E-state index is 15.4. The fourth-order valence-corrected chi connectivity index (χ4v) is 4.25. The Morgan fingerprint density at radius 2 is 1.80 bits per heavy atom. The van der Waals surface area contributed by atoms with Crippen LogP contribution in [-0.4, -0.2) is 27.7 Å². The lowest BCUT2D eigenvalue weighted by atomic mass is 9.96. The van der Waals surface area contributed by atoms with Crippen LogP contribution in [0.1, 0.15) is 75.8 Å². The van der Waals surface area contributed by atoms with E-state index in [1.165, 1.54) is 5.56 Å². The highest BCUT2D eigenvalue weighted by atomic mass is 32.2. The summed E-state index contributed by atoms with van der Waals surface area (Å²) in [4.78, 5) is 12.3. The molecule has 2 aliphatic carbocycles. The summed E-state index contributed by atoms with van der Waals surface area (Å²) in [6.45, 7) is 15.4. The first kappa shape index (κ1) is 24.5. The Kier molecular flexibility index (Phi) is 7.80. The molecule has 1 N–H and O–H groups in total. The Bertz CT molecular complexity index is 904. The van der Waals surface area contributed by atoms with Crippen LogP contribution in [0.3, 0.4) is 0 Å². The molecule has 0 radical (unpaired) electrons. The van der Waals surface area contributed by atoms with Crippen LogP contribution >= 0.6 is 0 Å². The Labute approximate surface area is 182 Å². The van der Waals surface area contributed by atoms with Crippen molar-refractivity contribution in [1.29, 1.82) is 0 Å². The first-order valence-electron chi connectivity index (χ1n) is 10.4. The predicted octanol–water partition coefficient (Wildman–Crippen LogP) is 5.53. The third-order valence-electron chi connectivity index (χ3n) is 5.18. The maximum Gasteiger partial charge on any atom is 0.342 e. The van der Waals surface area contributed by atoms with Gasteiger partial charge in [0.25, 0.3) is 0 Å². The number of nitrogens with one attached hydrogen (secondary N) is 1. The summed E-state index contributed by atoms with van der Waals surface area (Å²) in [5.41, 5.74) is 5.67. The van der Waals surface area contributed by atoms with Gasteiger partial charge in [-0.1, -0.05) is 38.1 Å². The third kappa shape index (κ3) is 5.27. The van der Waals surface area contributed by atoms with Crippen LogP contribution in [0.2, 0.25) is 0 Å². The van der Waals surface area contributed by atoms with Crippen LogP contribution in [0, 0.1) is 13.8 Å². The first-order chi connectivity index (χ1) is 13.9. The van der Waals surface area contributed by atoms with Gasteiger partial charge in [-0.05, 0) is 80.8 Å². The zero-order valence-electron chi connectivity index (χ0n) is 19.3. The molecular weight excluding hydrogens is 401 g/mol. The summed E-state index contributed by atoms with van der Waals surface area (Å²) in [6.07, 6.45) is -1.98. The van der Waals surface area contributed by atoms with E-state index in [-0.39, 0.29) is 6.61 Å². The van der Waals surface area contributed by atoms with E-state index >= 15 is 4.39 Å². The molecule has 166 valence electrons. The zero-order chi connectivity index (χ0) is 22.8. The van der Waals surface area contributed by atoms with Crippen LogP contribution in [0.25, 0.3) is 11.1 Å². The molecule has 0 aliphatic heterocycles. The monoisotopic (exact) mass is 435 g/mol. The van der Waals surface area contributed by atoms with Crippen LogP contribution in [0.5, 0.6) is 0 Å². The van der Waals surface area contributed by atoms with Crippen molar-refractivity contribution in [3.63, 3.8) is 0 Å². The molecule has 0 bridgehead atoms. The van der Waals surface area contributed by atoms with Crippen molar-refractivity contribution in [3.05, 3.63) is 46.5 Å². The largest absolute Gasteiger partial charge is 0.464 e. The fourth-order valence-electron chi connectivity index (χ4n) is 3.42. The molecule has 0 saturated carbocycles. The lowest BCUT2D eigenvalue weighted by molar-refractivity contribution is -0.150. The molecule has 0 aromatic heterocycles. The number of halogens is 1. The Morgan fingerprint density at radius 1 is 1.17 bits per heavy atom. The third-order valence-corrected chi connectivity index (χ3v) is 6.76. The Hall–Kier alpha value is -1.79. The lowest BCUT2D eigenvalue weighted by Gasteiger charge is -2.26. The molecule has 0 aromatic carbocycles. The van der Waals surface area contributed by atoms with Gasteiger partial charge in [-0.15, -0.1) is 0 Å². The average molecular weight is 436 g/mol. The molecule has 0 spiro atoms. The average Bonchev–Trinajstić information content (AvgIpc) is 2.85. The molecule has 2 aliphatic rings. The van der Waals surface area contributed by atoms with E-state index in [2.05, 4.69) is 30.7 Å². The van der Waals surface area contributed by atoms with Crippen molar-refractivity contribution in [3.8, 4) is 11.1 Å². The van der Waals surface area contributed by atoms with Gasteiger partial charge in [0.15, 0.2) is 0 Å². The second-order valence-electron chi connectivity index (χ2n) is 9.02. The summed E-state index contributed by atoms with van der Waals surface area (Å²) in [7, 11) is -1.57. The smallest absolute Gasteiger partial charge is 0.342 e. The minimum absolute atomic E-state index is 0.0842. The normalized spacial score (nSPS) is 15.3. The highest BCUT2D eigenvalue weighted by molar-refractivity contribution is 7.84. The lowest BCUT2D eigenvalue weighted by Crippen LogP contribution is -2.42. The van der Waals surface area contributed by atoms with Crippen LogP contribution < -0.4 is 4.72 Å². The van der Waals surface area contributed by atoms with Gasteiger partial charge < -0.3 is 4.74 Å². The van der Waals surface area contributed by atoms with E-state index < -0.39 is 33.9 Å². The molecule has 0 aromatic rings. The van der Waals surface area contributed by atoms with E-state index in [0.29, 0.717) is 11.5 Å². The SMILES string of the molecule is CCOC(=O)C(F)C(NS(=O)C(C)(C)C)c1cc(C)c2cc(C(C)C)ccc(C)c1-2. The molecular formula is C24H34FNO3S. The fraction of sp³-hybridized carbons (Fsp3) is 0.542.